The fourth-order valence-corrected chi connectivity index (χ4v) is 5.12. The van der Waals surface area contributed by atoms with Gasteiger partial charge in [-0.3, -0.25) is 0 Å². The smallest absolute Gasteiger partial charge is 0.151 e. The van der Waals surface area contributed by atoms with Crippen LogP contribution in [-0.4, -0.2) is 32.0 Å². The Labute approximate surface area is 125 Å². The molecule has 3 rings (SSSR count). The van der Waals surface area contributed by atoms with E-state index in [0.29, 0.717) is 23.5 Å². The highest BCUT2D eigenvalue weighted by atomic mass is 35.5. The summed E-state index contributed by atoms with van der Waals surface area (Å²) in [5.74, 6) is 1.23. The molecule has 1 N–H and O–H groups in total. The molecule has 1 saturated carbocycles. The van der Waals surface area contributed by atoms with E-state index in [2.05, 4.69) is 11.4 Å². The molecule has 1 aromatic carbocycles. The Morgan fingerprint density at radius 2 is 2.00 bits per heavy atom. The Bertz CT molecular complexity index is 581. The number of nitrogens with one attached hydrogen (secondary N) is 1. The Kier molecular flexibility index (Phi) is 4.07. The molecule has 1 aliphatic carbocycles. The Hall–Kier alpha value is -0.580. The summed E-state index contributed by atoms with van der Waals surface area (Å²) in [4.78, 5) is 0. The lowest BCUT2D eigenvalue weighted by Crippen LogP contribution is -2.49. The van der Waals surface area contributed by atoms with Crippen molar-refractivity contribution in [1.82, 2.24) is 5.32 Å². The summed E-state index contributed by atoms with van der Waals surface area (Å²) in [6.45, 7) is 0. The monoisotopic (exact) mass is 313 g/mol. The minimum atomic E-state index is -2.81. The summed E-state index contributed by atoms with van der Waals surface area (Å²) in [5, 5.41) is 4.30. The highest BCUT2D eigenvalue weighted by Gasteiger charge is 2.33. The number of hydrogen-bond donors (Lipinski definition) is 1. The molecule has 20 heavy (non-hydrogen) atoms. The molecule has 1 aliphatic heterocycles. The van der Waals surface area contributed by atoms with E-state index in [-0.39, 0.29) is 6.04 Å². The summed E-state index contributed by atoms with van der Waals surface area (Å²) in [6, 6.07) is 8.65. The molecule has 0 aromatic heterocycles. The van der Waals surface area contributed by atoms with Gasteiger partial charge in [0.1, 0.15) is 0 Å². The number of rotatable bonds is 3. The average Bonchev–Trinajstić information content (AvgIpc) is 2.32. The zero-order valence-corrected chi connectivity index (χ0v) is 13.0. The molecular weight excluding hydrogens is 294 g/mol. The van der Waals surface area contributed by atoms with Crippen LogP contribution in [-0.2, 0) is 9.84 Å². The zero-order valence-electron chi connectivity index (χ0n) is 11.4. The molecule has 1 aromatic rings. The van der Waals surface area contributed by atoms with Crippen molar-refractivity contribution in [2.45, 2.75) is 43.7 Å². The number of benzene rings is 1. The standard InChI is InChI=1S/C15H20ClNO2S/c16-13-4-1-3-11(7-13)12-8-15(9-12)17-14-5-2-6-20(18,19)10-14/h1,3-4,7,12,14-15,17H,2,5-6,8-10H2. The van der Waals surface area contributed by atoms with Crippen LogP contribution < -0.4 is 5.32 Å². The van der Waals surface area contributed by atoms with Crippen molar-refractivity contribution >= 4 is 21.4 Å². The van der Waals surface area contributed by atoms with Crippen LogP contribution in [0, 0.1) is 0 Å². The van der Waals surface area contributed by atoms with E-state index < -0.39 is 9.84 Å². The summed E-state index contributed by atoms with van der Waals surface area (Å²) >= 11 is 6.01. The van der Waals surface area contributed by atoms with Gasteiger partial charge in [0.25, 0.3) is 0 Å². The minimum Gasteiger partial charge on any atom is -0.310 e. The van der Waals surface area contributed by atoms with E-state index in [9.17, 15) is 8.42 Å². The third-order valence-electron chi connectivity index (χ3n) is 4.39. The van der Waals surface area contributed by atoms with Gasteiger partial charge >= 0.3 is 0 Å². The Balaban J connectivity index is 1.51. The van der Waals surface area contributed by atoms with E-state index in [1.54, 1.807) is 0 Å². The molecule has 0 bridgehead atoms. The van der Waals surface area contributed by atoms with Gasteiger partial charge in [-0.2, -0.15) is 0 Å². The van der Waals surface area contributed by atoms with Gasteiger partial charge in [-0.25, -0.2) is 8.42 Å². The number of halogens is 1. The van der Waals surface area contributed by atoms with Crippen molar-refractivity contribution in [1.29, 1.82) is 0 Å². The van der Waals surface area contributed by atoms with Crippen LogP contribution in [0.25, 0.3) is 0 Å². The van der Waals surface area contributed by atoms with Gasteiger partial charge in [0.15, 0.2) is 9.84 Å². The van der Waals surface area contributed by atoms with Gasteiger partial charge in [0.2, 0.25) is 0 Å². The molecule has 1 unspecified atom stereocenters. The van der Waals surface area contributed by atoms with Gasteiger partial charge < -0.3 is 5.32 Å². The maximum atomic E-state index is 11.6. The van der Waals surface area contributed by atoms with Crippen molar-refractivity contribution in [3.8, 4) is 0 Å². The lowest BCUT2D eigenvalue weighted by atomic mass is 9.75. The van der Waals surface area contributed by atoms with Crippen LogP contribution in [0.5, 0.6) is 0 Å². The zero-order chi connectivity index (χ0) is 14.2. The molecule has 3 nitrogen and oxygen atoms in total. The molecule has 0 amide bonds. The third kappa shape index (κ3) is 3.35. The van der Waals surface area contributed by atoms with Crippen LogP contribution in [0.1, 0.15) is 37.2 Å². The second kappa shape index (κ2) is 5.66. The van der Waals surface area contributed by atoms with Gasteiger partial charge in [0.05, 0.1) is 11.5 Å². The van der Waals surface area contributed by atoms with Crippen LogP contribution >= 0.6 is 11.6 Å². The summed E-state index contributed by atoms with van der Waals surface area (Å²) in [6.07, 6.45) is 3.94. The summed E-state index contributed by atoms with van der Waals surface area (Å²) < 4.78 is 23.2. The molecule has 2 fully saturated rings. The van der Waals surface area contributed by atoms with Crippen molar-refractivity contribution < 1.29 is 8.42 Å². The summed E-state index contributed by atoms with van der Waals surface area (Å²) in [5.41, 5.74) is 1.30. The lowest BCUT2D eigenvalue weighted by molar-refractivity contribution is 0.263. The normalized spacial score (nSPS) is 32.5. The van der Waals surface area contributed by atoms with E-state index in [1.165, 1.54) is 5.56 Å². The maximum absolute atomic E-state index is 11.6. The van der Waals surface area contributed by atoms with Crippen LogP contribution in [0.4, 0.5) is 0 Å². The molecule has 0 radical (unpaired) electrons. The van der Waals surface area contributed by atoms with Gasteiger partial charge in [-0.1, -0.05) is 23.7 Å². The molecule has 110 valence electrons. The minimum absolute atomic E-state index is 0.152. The van der Waals surface area contributed by atoms with Crippen molar-refractivity contribution in [2.75, 3.05) is 11.5 Å². The fourth-order valence-electron chi connectivity index (χ4n) is 3.27. The predicted molar refractivity (Wildman–Crippen MR) is 82.0 cm³/mol. The van der Waals surface area contributed by atoms with Gasteiger partial charge in [-0.15, -0.1) is 0 Å². The first-order valence-electron chi connectivity index (χ1n) is 7.24. The van der Waals surface area contributed by atoms with E-state index in [0.717, 1.165) is 30.7 Å². The SMILES string of the molecule is O=S1(=O)CCCC(NC2CC(c3cccc(Cl)c3)C2)C1. The quantitative estimate of drug-likeness (QED) is 0.933. The highest BCUT2D eigenvalue weighted by Crippen LogP contribution is 2.38. The number of sulfone groups is 1. The van der Waals surface area contributed by atoms with Gasteiger partial charge in [0, 0.05) is 17.1 Å². The first-order valence-corrected chi connectivity index (χ1v) is 9.44. The first kappa shape index (κ1) is 14.4. The molecule has 0 spiro atoms. The first-order chi connectivity index (χ1) is 9.52. The van der Waals surface area contributed by atoms with E-state index in [1.807, 2.05) is 18.2 Å². The second-order valence-electron chi connectivity index (χ2n) is 6.04. The van der Waals surface area contributed by atoms with E-state index >= 15 is 0 Å². The van der Waals surface area contributed by atoms with Crippen LogP contribution in [0.3, 0.4) is 0 Å². The van der Waals surface area contributed by atoms with E-state index in [4.69, 9.17) is 11.6 Å². The Morgan fingerprint density at radius 1 is 1.20 bits per heavy atom. The van der Waals surface area contributed by atoms with Crippen LogP contribution in [0.15, 0.2) is 24.3 Å². The highest BCUT2D eigenvalue weighted by molar-refractivity contribution is 7.91. The maximum Gasteiger partial charge on any atom is 0.151 e. The Morgan fingerprint density at radius 3 is 2.70 bits per heavy atom. The third-order valence-corrected chi connectivity index (χ3v) is 6.45. The molecule has 1 atom stereocenters. The molecular formula is C15H20ClNO2S. The second-order valence-corrected chi connectivity index (χ2v) is 8.71. The molecule has 1 saturated heterocycles. The summed E-state index contributed by atoms with van der Waals surface area (Å²) in [7, 11) is -2.81. The van der Waals surface area contributed by atoms with Crippen molar-refractivity contribution in [3.05, 3.63) is 34.9 Å². The van der Waals surface area contributed by atoms with Crippen LogP contribution in [0.2, 0.25) is 5.02 Å². The largest absolute Gasteiger partial charge is 0.310 e. The average molecular weight is 314 g/mol. The molecule has 2 aliphatic rings. The lowest BCUT2D eigenvalue weighted by Gasteiger charge is -2.39. The van der Waals surface area contributed by atoms with Gasteiger partial charge in [-0.05, 0) is 49.3 Å². The van der Waals surface area contributed by atoms with Crippen molar-refractivity contribution in [2.24, 2.45) is 0 Å². The predicted octanol–water partition coefficient (Wildman–Crippen LogP) is 2.75. The fraction of sp³-hybridized carbons (Fsp3) is 0.600. The molecule has 1 heterocycles. The molecule has 5 heteroatoms. The number of hydrogen-bond acceptors (Lipinski definition) is 3. The van der Waals surface area contributed by atoms with Crippen molar-refractivity contribution in [3.63, 3.8) is 0 Å². The topological polar surface area (TPSA) is 46.2 Å².